The molecule has 0 spiro atoms. The van der Waals surface area contributed by atoms with Gasteiger partial charge in [0.25, 0.3) is 15.7 Å². The van der Waals surface area contributed by atoms with Crippen molar-refractivity contribution in [3.05, 3.63) is 70.7 Å². The van der Waals surface area contributed by atoms with E-state index in [1.165, 1.54) is 57.1 Å². The van der Waals surface area contributed by atoms with Crippen molar-refractivity contribution in [3.63, 3.8) is 0 Å². The van der Waals surface area contributed by atoms with E-state index in [0.29, 0.717) is 22.8 Å². The molecular formula is C28H36F3N3O4S. The first kappa shape index (κ1) is 30.8. The van der Waals surface area contributed by atoms with Gasteiger partial charge in [0.05, 0.1) is 4.90 Å². The highest BCUT2D eigenvalue weighted by molar-refractivity contribution is 7.92. The van der Waals surface area contributed by atoms with Crippen LogP contribution in [0.1, 0.15) is 81.7 Å². The summed E-state index contributed by atoms with van der Waals surface area (Å²) in [5.74, 6) is 1.04. The number of halogens is 3. The van der Waals surface area contributed by atoms with Crippen LogP contribution in [-0.4, -0.2) is 24.1 Å². The second kappa shape index (κ2) is 14.6. The van der Waals surface area contributed by atoms with Crippen LogP contribution in [0.2, 0.25) is 0 Å². The summed E-state index contributed by atoms with van der Waals surface area (Å²) >= 11 is 0. The van der Waals surface area contributed by atoms with Gasteiger partial charge in [0, 0.05) is 23.1 Å². The number of benzene rings is 2. The molecule has 0 radical (unpaired) electrons. The summed E-state index contributed by atoms with van der Waals surface area (Å²) < 4.78 is 66.5. The standard InChI is InChI=1S/C28H36F3N3O4S/c1-2-3-4-5-6-7-8-9-10-14-26-32-27(38-33-26)24-13-11-12-23(19-24)21-34(35)20-22-15-17-25(18-16-22)39(36,37)28(29,30)31/h11-13,15-19,34H,2-10,14,20-21H2,1H3. The molecule has 1 unspecified atom stereocenters. The summed E-state index contributed by atoms with van der Waals surface area (Å²) in [4.78, 5) is 3.64. The predicted octanol–water partition coefficient (Wildman–Crippen LogP) is 6.19. The van der Waals surface area contributed by atoms with E-state index in [4.69, 9.17) is 4.52 Å². The van der Waals surface area contributed by atoms with Gasteiger partial charge in [-0.2, -0.15) is 18.2 Å². The van der Waals surface area contributed by atoms with Crippen LogP contribution in [0.4, 0.5) is 13.2 Å². The van der Waals surface area contributed by atoms with Gasteiger partial charge in [0.15, 0.2) is 5.82 Å². The Hall–Kier alpha value is -2.76. The van der Waals surface area contributed by atoms with Crippen LogP contribution in [0.5, 0.6) is 0 Å². The molecule has 7 nitrogen and oxygen atoms in total. The molecule has 0 amide bonds. The predicted molar refractivity (Wildman–Crippen MR) is 142 cm³/mol. The third-order valence-electron chi connectivity index (χ3n) is 6.49. The Morgan fingerprint density at radius 1 is 0.872 bits per heavy atom. The zero-order valence-electron chi connectivity index (χ0n) is 22.2. The van der Waals surface area contributed by atoms with Gasteiger partial charge in [0.1, 0.15) is 13.1 Å². The van der Waals surface area contributed by atoms with Gasteiger partial charge < -0.3 is 14.8 Å². The van der Waals surface area contributed by atoms with E-state index in [0.717, 1.165) is 37.0 Å². The number of sulfone groups is 1. The van der Waals surface area contributed by atoms with Crippen molar-refractivity contribution in [1.29, 1.82) is 0 Å². The largest absolute Gasteiger partial charge is 0.634 e. The molecule has 0 saturated heterocycles. The average molecular weight is 568 g/mol. The van der Waals surface area contributed by atoms with E-state index >= 15 is 0 Å². The summed E-state index contributed by atoms with van der Waals surface area (Å²) in [5.41, 5.74) is -3.52. The Bertz CT molecular complexity index is 1260. The number of rotatable bonds is 16. The number of hydroxylamine groups is 2. The van der Waals surface area contributed by atoms with Crippen molar-refractivity contribution in [2.24, 2.45) is 0 Å². The Balaban J connectivity index is 1.47. The number of hydrogen-bond acceptors (Lipinski definition) is 6. The summed E-state index contributed by atoms with van der Waals surface area (Å²) in [7, 11) is -5.42. The minimum atomic E-state index is -5.42. The molecule has 1 atom stereocenters. The number of quaternary nitrogens is 1. The smallest absolute Gasteiger partial charge is 0.501 e. The van der Waals surface area contributed by atoms with E-state index in [1.54, 1.807) is 18.2 Å². The van der Waals surface area contributed by atoms with E-state index in [-0.39, 0.29) is 18.2 Å². The third kappa shape index (κ3) is 9.44. The Labute approximate surface area is 227 Å². The second-order valence-corrected chi connectivity index (χ2v) is 11.7. The zero-order chi connectivity index (χ0) is 28.3. The number of nitrogens with zero attached hydrogens (tertiary/aromatic N) is 2. The van der Waals surface area contributed by atoms with Crippen LogP contribution in [0, 0.1) is 5.21 Å². The van der Waals surface area contributed by atoms with Gasteiger partial charge in [-0.1, -0.05) is 87.7 Å². The molecule has 214 valence electrons. The van der Waals surface area contributed by atoms with Crippen LogP contribution in [-0.2, 0) is 29.3 Å². The van der Waals surface area contributed by atoms with Gasteiger partial charge in [-0.25, -0.2) is 8.42 Å². The molecule has 1 N–H and O–H groups in total. The van der Waals surface area contributed by atoms with Crippen molar-refractivity contribution in [2.75, 3.05) is 0 Å². The van der Waals surface area contributed by atoms with E-state index in [1.807, 2.05) is 6.07 Å². The van der Waals surface area contributed by atoms with Crippen LogP contribution < -0.4 is 5.06 Å². The Morgan fingerprint density at radius 3 is 2.13 bits per heavy atom. The van der Waals surface area contributed by atoms with Crippen molar-refractivity contribution >= 4 is 9.84 Å². The Kier molecular flexibility index (Phi) is 11.5. The Morgan fingerprint density at radius 2 is 1.49 bits per heavy atom. The minimum absolute atomic E-state index is 0.0416. The molecule has 0 fully saturated rings. The topological polar surface area (TPSA) is 101 Å². The van der Waals surface area contributed by atoms with Gasteiger partial charge in [-0.3, -0.25) is 0 Å². The summed E-state index contributed by atoms with van der Waals surface area (Å²) in [6.45, 7) is 2.27. The van der Waals surface area contributed by atoms with E-state index < -0.39 is 20.2 Å². The van der Waals surface area contributed by atoms with E-state index in [9.17, 15) is 26.8 Å². The number of unbranched alkanes of at least 4 members (excludes halogenated alkanes) is 8. The molecule has 3 rings (SSSR count). The maximum absolute atomic E-state index is 12.7. The second-order valence-electron chi connectivity index (χ2n) is 9.78. The molecule has 1 aromatic heterocycles. The highest BCUT2D eigenvalue weighted by Crippen LogP contribution is 2.30. The van der Waals surface area contributed by atoms with Crippen LogP contribution in [0.25, 0.3) is 11.5 Å². The van der Waals surface area contributed by atoms with Gasteiger partial charge in [-0.05, 0) is 30.7 Å². The summed E-state index contributed by atoms with van der Waals surface area (Å²) in [5, 5.41) is 16.5. The SMILES string of the molecule is CCCCCCCCCCCc1noc(-c2cccc(C[NH+]([O-])Cc3ccc(S(=O)(=O)C(F)(F)F)cc3)c2)n1. The van der Waals surface area contributed by atoms with Crippen LogP contribution in [0.15, 0.2) is 57.9 Å². The highest BCUT2D eigenvalue weighted by Gasteiger charge is 2.46. The van der Waals surface area contributed by atoms with Crippen LogP contribution >= 0.6 is 0 Å². The quantitative estimate of drug-likeness (QED) is 0.164. The van der Waals surface area contributed by atoms with Crippen molar-refractivity contribution in [2.45, 2.75) is 94.6 Å². The van der Waals surface area contributed by atoms with Crippen LogP contribution in [0.3, 0.4) is 0 Å². The van der Waals surface area contributed by atoms with Crippen molar-refractivity contribution in [1.82, 2.24) is 10.1 Å². The molecule has 1 heterocycles. The number of aromatic nitrogens is 2. The number of aryl methyl sites for hydroxylation is 1. The zero-order valence-corrected chi connectivity index (χ0v) is 23.0. The maximum atomic E-state index is 12.7. The lowest BCUT2D eigenvalue weighted by Crippen LogP contribution is -3.04. The maximum Gasteiger partial charge on any atom is 0.501 e. The normalized spacial score (nSPS) is 13.1. The molecule has 0 aliphatic rings. The minimum Gasteiger partial charge on any atom is -0.634 e. The number of alkyl halides is 3. The molecule has 3 aromatic rings. The fourth-order valence-electron chi connectivity index (χ4n) is 4.32. The number of nitrogens with one attached hydrogen (secondary N) is 1. The molecular weight excluding hydrogens is 531 g/mol. The molecule has 2 aromatic carbocycles. The molecule has 0 saturated carbocycles. The first-order valence-corrected chi connectivity index (χ1v) is 14.9. The lowest BCUT2D eigenvalue weighted by Gasteiger charge is -2.22. The number of hydrogen-bond donors (Lipinski definition) is 1. The molecule has 0 aliphatic heterocycles. The third-order valence-corrected chi connectivity index (χ3v) is 7.99. The average Bonchev–Trinajstić information content (AvgIpc) is 3.36. The first-order valence-electron chi connectivity index (χ1n) is 13.4. The van der Waals surface area contributed by atoms with Gasteiger partial charge in [-0.15, -0.1) is 0 Å². The van der Waals surface area contributed by atoms with Gasteiger partial charge >= 0.3 is 5.51 Å². The molecule has 39 heavy (non-hydrogen) atoms. The first-order chi connectivity index (χ1) is 18.6. The fraction of sp³-hybridized carbons (Fsp3) is 0.500. The summed E-state index contributed by atoms with van der Waals surface area (Å²) in [6.07, 6.45) is 11.9. The molecule has 0 aliphatic carbocycles. The highest BCUT2D eigenvalue weighted by atomic mass is 32.2. The summed E-state index contributed by atoms with van der Waals surface area (Å²) in [6, 6.07) is 11.4. The van der Waals surface area contributed by atoms with Crippen molar-refractivity contribution in [3.8, 4) is 11.5 Å². The lowest BCUT2D eigenvalue weighted by molar-refractivity contribution is -0.876. The molecule has 11 heteroatoms. The van der Waals surface area contributed by atoms with E-state index in [2.05, 4.69) is 17.1 Å². The lowest BCUT2D eigenvalue weighted by atomic mass is 10.1. The fourth-order valence-corrected chi connectivity index (χ4v) is 5.08. The van der Waals surface area contributed by atoms with Crippen molar-refractivity contribution < 1.29 is 31.2 Å². The molecule has 0 bridgehead atoms. The monoisotopic (exact) mass is 567 g/mol. The van der Waals surface area contributed by atoms with Gasteiger partial charge in [0.2, 0.25) is 0 Å².